The second-order valence-electron chi connectivity index (χ2n) is 5.13. The molecule has 0 aliphatic carbocycles. The van der Waals surface area contributed by atoms with Gasteiger partial charge in [0.25, 0.3) is 0 Å². The molecule has 0 amide bonds. The van der Waals surface area contributed by atoms with Crippen molar-refractivity contribution in [3.05, 3.63) is 22.9 Å². The van der Waals surface area contributed by atoms with Crippen molar-refractivity contribution in [3.63, 3.8) is 0 Å². The Balaban J connectivity index is 2.01. The number of carbonyl (C=O) groups excluding carboxylic acids is 1. The molecule has 19 heavy (non-hydrogen) atoms. The maximum Gasteiger partial charge on any atom is 0.311 e. The van der Waals surface area contributed by atoms with E-state index in [1.807, 2.05) is 20.0 Å². The number of halogens is 1. The van der Waals surface area contributed by atoms with Gasteiger partial charge in [-0.25, -0.2) is 0 Å². The number of piperidine rings is 1. The molecule has 0 aromatic carbocycles. The highest BCUT2D eigenvalue weighted by Crippen LogP contribution is 2.34. The third kappa shape index (κ3) is 3.26. The highest BCUT2D eigenvalue weighted by atomic mass is 79.9. The van der Waals surface area contributed by atoms with Crippen LogP contribution in [0.5, 0.6) is 0 Å². The van der Waals surface area contributed by atoms with Gasteiger partial charge in [-0.05, 0) is 48.7 Å². The van der Waals surface area contributed by atoms with Crippen LogP contribution in [-0.4, -0.2) is 30.6 Å². The number of nitrogens with zero attached hydrogens (tertiary/aromatic N) is 2. The minimum atomic E-state index is -0.341. The van der Waals surface area contributed by atoms with E-state index in [1.165, 1.54) is 0 Å². The average molecular weight is 327 g/mol. The molecule has 1 aromatic heterocycles. The minimum Gasteiger partial charge on any atom is -0.466 e. The van der Waals surface area contributed by atoms with E-state index in [1.54, 1.807) is 6.20 Å². The molecule has 0 saturated carbocycles. The summed E-state index contributed by atoms with van der Waals surface area (Å²) in [6.07, 6.45) is 5.27. The molecule has 2 heterocycles. The monoisotopic (exact) mass is 326 g/mol. The molecule has 0 N–H and O–H groups in total. The highest BCUT2D eigenvalue weighted by molar-refractivity contribution is 9.10. The van der Waals surface area contributed by atoms with E-state index in [-0.39, 0.29) is 11.4 Å². The fourth-order valence-corrected chi connectivity index (χ4v) is 2.69. The van der Waals surface area contributed by atoms with Crippen LogP contribution in [0.1, 0.15) is 26.7 Å². The van der Waals surface area contributed by atoms with E-state index in [4.69, 9.17) is 4.74 Å². The van der Waals surface area contributed by atoms with Gasteiger partial charge < -0.3 is 9.64 Å². The van der Waals surface area contributed by atoms with Gasteiger partial charge in [-0.1, -0.05) is 0 Å². The van der Waals surface area contributed by atoms with E-state index in [0.717, 1.165) is 36.1 Å². The van der Waals surface area contributed by atoms with Gasteiger partial charge in [-0.15, -0.1) is 0 Å². The van der Waals surface area contributed by atoms with Crippen molar-refractivity contribution in [2.24, 2.45) is 5.41 Å². The van der Waals surface area contributed by atoms with Crippen molar-refractivity contribution >= 4 is 27.6 Å². The second kappa shape index (κ2) is 5.90. The first-order valence-corrected chi connectivity index (χ1v) is 7.37. The molecular formula is C14H19BrN2O2. The summed E-state index contributed by atoms with van der Waals surface area (Å²) in [5, 5.41) is 0. The summed E-state index contributed by atoms with van der Waals surface area (Å²) in [5.41, 5.74) is 0.756. The van der Waals surface area contributed by atoms with Crippen LogP contribution in [-0.2, 0) is 9.53 Å². The Hall–Kier alpha value is -1.10. The first kappa shape index (κ1) is 14.3. The maximum absolute atomic E-state index is 12.0. The van der Waals surface area contributed by atoms with Crippen molar-refractivity contribution in [1.82, 2.24) is 4.98 Å². The number of aromatic nitrogens is 1. The third-order valence-corrected chi connectivity index (χ3v) is 4.12. The Labute approximate surface area is 122 Å². The Morgan fingerprint density at radius 2 is 2.16 bits per heavy atom. The lowest BCUT2D eigenvalue weighted by molar-refractivity contribution is -0.155. The zero-order chi connectivity index (χ0) is 13.9. The smallest absolute Gasteiger partial charge is 0.311 e. The molecular weight excluding hydrogens is 308 g/mol. The number of anilines is 1. The molecule has 1 saturated heterocycles. The number of hydrogen-bond acceptors (Lipinski definition) is 4. The van der Waals surface area contributed by atoms with Crippen LogP contribution in [0, 0.1) is 5.41 Å². The van der Waals surface area contributed by atoms with Gasteiger partial charge >= 0.3 is 5.97 Å². The number of ether oxygens (including phenoxy) is 1. The Kier molecular flexibility index (Phi) is 4.45. The summed E-state index contributed by atoms with van der Waals surface area (Å²) in [6.45, 7) is 6.01. The number of hydrogen-bond donors (Lipinski definition) is 0. The number of carbonyl (C=O) groups is 1. The Bertz CT molecular complexity index is 457. The first-order chi connectivity index (χ1) is 9.05. The second-order valence-corrected chi connectivity index (χ2v) is 6.05. The molecule has 1 aliphatic rings. The third-order valence-electron chi connectivity index (χ3n) is 3.69. The molecule has 0 spiro atoms. The van der Waals surface area contributed by atoms with Crippen LogP contribution >= 0.6 is 15.9 Å². The van der Waals surface area contributed by atoms with Gasteiger partial charge in [0.05, 0.1) is 23.9 Å². The fourth-order valence-electron chi connectivity index (χ4n) is 2.34. The molecule has 2 rings (SSSR count). The van der Waals surface area contributed by atoms with E-state index in [2.05, 4.69) is 31.9 Å². The summed E-state index contributed by atoms with van der Waals surface area (Å²) in [7, 11) is 0. The largest absolute Gasteiger partial charge is 0.466 e. The normalized spacial score (nSPS) is 18.2. The van der Waals surface area contributed by atoms with E-state index in [0.29, 0.717) is 6.61 Å². The number of rotatable bonds is 3. The van der Waals surface area contributed by atoms with Crippen LogP contribution in [0.2, 0.25) is 0 Å². The maximum atomic E-state index is 12.0. The molecule has 104 valence electrons. The van der Waals surface area contributed by atoms with Crippen LogP contribution in [0.4, 0.5) is 5.69 Å². The van der Waals surface area contributed by atoms with Crippen molar-refractivity contribution < 1.29 is 9.53 Å². The molecule has 0 atom stereocenters. The molecule has 1 fully saturated rings. The highest BCUT2D eigenvalue weighted by Gasteiger charge is 2.38. The topological polar surface area (TPSA) is 42.4 Å². The lowest BCUT2D eigenvalue weighted by atomic mass is 9.80. The Morgan fingerprint density at radius 3 is 2.74 bits per heavy atom. The lowest BCUT2D eigenvalue weighted by Gasteiger charge is -2.38. The van der Waals surface area contributed by atoms with E-state index in [9.17, 15) is 4.79 Å². The molecule has 0 bridgehead atoms. The summed E-state index contributed by atoms with van der Waals surface area (Å²) in [5.74, 6) is -0.0676. The van der Waals surface area contributed by atoms with Crippen molar-refractivity contribution in [3.8, 4) is 0 Å². The van der Waals surface area contributed by atoms with Gasteiger partial charge in [0.2, 0.25) is 0 Å². The van der Waals surface area contributed by atoms with Crippen molar-refractivity contribution in [1.29, 1.82) is 0 Å². The predicted octanol–water partition coefficient (Wildman–Crippen LogP) is 3.01. The zero-order valence-electron chi connectivity index (χ0n) is 11.4. The van der Waals surface area contributed by atoms with Gasteiger partial charge in [0.1, 0.15) is 0 Å². The van der Waals surface area contributed by atoms with Crippen molar-refractivity contribution in [2.75, 3.05) is 24.6 Å². The number of esters is 1. The molecule has 1 aromatic rings. The minimum absolute atomic E-state index is 0.0676. The summed E-state index contributed by atoms with van der Waals surface area (Å²) < 4.78 is 6.14. The summed E-state index contributed by atoms with van der Waals surface area (Å²) in [4.78, 5) is 18.4. The molecule has 4 nitrogen and oxygen atoms in total. The van der Waals surface area contributed by atoms with Gasteiger partial charge in [-0.3, -0.25) is 9.78 Å². The van der Waals surface area contributed by atoms with Gasteiger partial charge in [0.15, 0.2) is 0 Å². The average Bonchev–Trinajstić information content (AvgIpc) is 2.40. The molecule has 5 heteroatoms. The van der Waals surface area contributed by atoms with Gasteiger partial charge in [-0.2, -0.15) is 0 Å². The number of pyridine rings is 1. The molecule has 1 aliphatic heterocycles. The summed E-state index contributed by atoms with van der Waals surface area (Å²) in [6, 6.07) is 2.06. The van der Waals surface area contributed by atoms with Crippen LogP contribution in [0.15, 0.2) is 22.9 Å². The lowest BCUT2D eigenvalue weighted by Crippen LogP contribution is -2.43. The quantitative estimate of drug-likeness (QED) is 0.801. The zero-order valence-corrected chi connectivity index (χ0v) is 12.9. The molecule has 0 unspecified atom stereocenters. The SMILES string of the molecule is CCOC(=O)C1(C)CCN(c2cncc(Br)c2)CC1. The standard InChI is InChI=1S/C14H19BrN2O2/c1-3-19-13(18)14(2)4-6-17(7-5-14)12-8-11(15)9-16-10-12/h8-10H,3-7H2,1-2H3. The predicted molar refractivity (Wildman–Crippen MR) is 78.1 cm³/mol. The van der Waals surface area contributed by atoms with Crippen molar-refractivity contribution in [2.45, 2.75) is 26.7 Å². The van der Waals surface area contributed by atoms with Crippen LogP contribution < -0.4 is 4.90 Å². The molecule has 0 radical (unpaired) electrons. The Morgan fingerprint density at radius 1 is 1.47 bits per heavy atom. The van der Waals surface area contributed by atoms with Crippen LogP contribution in [0.25, 0.3) is 0 Å². The fraction of sp³-hybridized carbons (Fsp3) is 0.571. The van der Waals surface area contributed by atoms with E-state index < -0.39 is 0 Å². The van der Waals surface area contributed by atoms with Crippen LogP contribution in [0.3, 0.4) is 0 Å². The van der Waals surface area contributed by atoms with Gasteiger partial charge in [0, 0.05) is 23.8 Å². The van der Waals surface area contributed by atoms with E-state index >= 15 is 0 Å². The first-order valence-electron chi connectivity index (χ1n) is 6.58. The summed E-state index contributed by atoms with van der Waals surface area (Å²) >= 11 is 3.43.